The van der Waals surface area contributed by atoms with Crippen molar-refractivity contribution in [2.24, 2.45) is 5.92 Å². The third-order valence-electron chi connectivity index (χ3n) is 10.1. The summed E-state index contributed by atoms with van der Waals surface area (Å²) in [7, 11) is -3.46. The summed E-state index contributed by atoms with van der Waals surface area (Å²) in [6, 6.07) is 4.21. The van der Waals surface area contributed by atoms with Crippen LogP contribution in [0.1, 0.15) is 48.9 Å². The number of amides is 1. The Hall–Kier alpha value is -2.17. The summed E-state index contributed by atoms with van der Waals surface area (Å²) in [5.41, 5.74) is 2.18. The Labute approximate surface area is 286 Å². The van der Waals surface area contributed by atoms with Crippen LogP contribution in [0.25, 0.3) is 11.3 Å². The van der Waals surface area contributed by atoms with E-state index in [0.717, 1.165) is 88.7 Å². The van der Waals surface area contributed by atoms with Crippen LogP contribution in [0.15, 0.2) is 23.1 Å². The van der Waals surface area contributed by atoms with Crippen molar-refractivity contribution in [3.05, 3.63) is 35.0 Å². The molecule has 10 nitrogen and oxygen atoms in total. The first kappa shape index (κ1) is 35.6. The van der Waals surface area contributed by atoms with Crippen LogP contribution in [0.5, 0.6) is 0 Å². The van der Waals surface area contributed by atoms with Gasteiger partial charge in [0, 0.05) is 79.1 Å². The number of piperidine rings is 1. The number of sulfonamides is 1. The van der Waals surface area contributed by atoms with Gasteiger partial charge < -0.3 is 19.4 Å². The first-order chi connectivity index (χ1) is 23.0. The number of benzene rings is 1. The van der Waals surface area contributed by atoms with Gasteiger partial charge in [0.2, 0.25) is 15.9 Å². The second-order valence-electron chi connectivity index (χ2n) is 13.4. The molecule has 0 aliphatic carbocycles. The Kier molecular flexibility index (Phi) is 11.4. The van der Waals surface area contributed by atoms with Gasteiger partial charge in [-0.1, -0.05) is 6.07 Å². The summed E-state index contributed by atoms with van der Waals surface area (Å²) in [5.74, 6) is 0.859. The van der Waals surface area contributed by atoms with E-state index in [4.69, 9.17) is 9.84 Å². The SMILES string of the molecule is CS(=O)(=O)N1CCc2c(c(-c3ccc(C(F)(F)F)c(SCCN4CCCC4)c3)nn2CCCN2CCC(C(=O)N3CCOCC3)CC2)C1. The second-order valence-corrected chi connectivity index (χ2v) is 16.5. The van der Waals surface area contributed by atoms with Gasteiger partial charge in [-0.05, 0) is 77.0 Å². The van der Waals surface area contributed by atoms with Crippen molar-refractivity contribution in [3.8, 4) is 11.3 Å². The summed E-state index contributed by atoms with van der Waals surface area (Å²) in [5, 5.41) is 4.94. The number of thioether (sulfide) groups is 1. The predicted octanol–water partition coefficient (Wildman–Crippen LogP) is 4.04. The zero-order valence-corrected chi connectivity index (χ0v) is 29.4. The van der Waals surface area contributed by atoms with Crippen LogP contribution >= 0.6 is 11.8 Å². The second kappa shape index (κ2) is 15.4. The number of likely N-dealkylation sites (tertiary alicyclic amines) is 2. The Bertz CT molecular complexity index is 1530. The number of nitrogens with zero attached hydrogens (tertiary/aromatic N) is 6. The molecule has 0 radical (unpaired) electrons. The lowest BCUT2D eigenvalue weighted by molar-refractivity contribution is -0.141. The van der Waals surface area contributed by atoms with E-state index in [1.807, 2.05) is 9.58 Å². The van der Waals surface area contributed by atoms with Gasteiger partial charge in [0.15, 0.2) is 0 Å². The Morgan fingerprint density at radius 2 is 1.69 bits per heavy atom. The maximum absolute atomic E-state index is 14.1. The zero-order chi connectivity index (χ0) is 33.9. The van der Waals surface area contributed by atoms with Gasteiger partial charge in [0.25, 0.3) is 0 Å². The summed E-state index contributed by atoms with van der Waals surface area (Å²) in [6.07, 6.45) is 1.94. The lowest BCUT2D eigenvalue weighted by atomic mass is 9.95. The van der Waals surface area contributed by atoms with Gasteiger partial charge in [-0.15, -0.1) is 11.8 Å². The van der Waals surface area contributed by atoms with Crippen LogP contribution in [-0.2, 0) is 45.2 Å². The number of aromatic nitrogens is 2. The highest BCUT2D eigenvalue weighted by Crippen LogP contribution is 2.40. The molecule has 3 fully saturated rings. The number of morpholine rings is 1. The number of halogens is 3. The molecular formula is C33H47F3N6O4S2. The molecule has 0 spiro atoms. The van der Waals surface area contributed by atoms with E-state index in [1.165, 1.54) is 28.4 Å². The Morgan fingerprint density at radius 1 is 0.979 bits per heavy atom. The molecule has 0 saturated carbocycles. The normalized spacial score (nSPS) is 20.8. The van der Waals surface area contributed by atoms with E-state index < -0.39 is 21.8 Å². The van der Waals surface area contributed by atoms with Gasteiger partial charge in [-0.3, -0.25) is 9.48 Å². The van der Waals surface area contributed by atoms with Crippen LogP contribution in [0, 0.1) is 5.92 Å². The fourth-order valence-corrected chi connectivity index (χ4v) is 9.28. The Morgan fingerprint density at radius 3 is 2.38 bits per heavy atom. The minimum absolute atomic E-state index is 0.0600. The maximum atomic E-state index is 14.1. The summed E-state index contributed by atoms with van der Waals surface area (Å²) >= 11 is 1.22. The molecule has 4 aliphatic heterocycles. The number of aryl methyl sites for hydroxylation is 1. The maximum Gasteiger partial charge on any atom is 0.417 e. The minimum atomic E-state index is -4.48. The number of fused-ring (bicyclic) bond motifs is 1. The smallest absolute Gasteiger partial charge is 0.378 e. The van der Waals surface area contributed by atoms with Crippen molar-refractivity contribution >= 4 is 27.7 Å². The fraction of sp³-hybridized carbons (Fsp3) is 0.697. The van der Waals surface area contributed by atoms with Crippen molar-refractivity contribution in [1.29, 1.82) is 0 Å². The number of hydrogen-bond acceptors (Lipinski definition) is 8. The molecular weight excluding hydrogens is 666 g/mol. The summed E-state index contributed by atoms with van der Waals surface area (Å²) in [6.45, 7) is 8.92. The number of carbonyl (C=O) groups excluding carboxylic acids is 1. The quantitative estimate of drug-likeness (QED) is 0.323. The third kappa shape index (κ3) is 8.58. The van der Waals surface area contributed by atoms with Crippen LogP contribution in [0.4, 0.5) is 13.2 Å². The predicted molar refractivity (Wildman–Crippen MR) is 179 cm³/mol. The van der Waals surface area contributed by atoms with Crippen molar-refractivity contribution in [2.75, 3.05) is 84.1 Å². The van der Waals surface area contributed by atoms with E-state index in [1.54, 1.807) is 6.07 Å². The van der Waals surface area contributed by atoms with E-state index in [0.29, 0.717) is 62.8 Å². The highest BCUT2D eigenvalue weighted by Gasteiger charge is 2.35. The molecule has 1 aromatic carbocycles. The number of alkyl halides is 3. The molecule has 0 N–H and O–H groups in total. The van der Waals surface area contributed by atoms with Gasteiger partial charge in [0.1, 0.15) is 0 Å². The zero-order valence-electron chi connectivity index (χ0n) is 27.7. The summed E-state index contributed by atoms with van der Waals surface area (Å²) in [4.78, 5) is 19.7. The highest BCUT2D eigenvalue weighted by molar-refractivity contribution is 7.99. The van der Waals surface area contributed by atoms with Crippen molar-refractivity contribution in [3.63, 3.8) is 0 Å². The molecule has 0 bridgehead atoms. The molecule has 15 heteroatoms. The molecule has 4 aliphatic rings. The van der Waals surface area contributed by atoms with E-state index in [2.05, 4.69) is 9.80 Å². The largest absolute Gasteiger partial charge is 0.417 e. The molecule has 6 rings (SSSR count). The standard InChI is InChI=1S/C33H47F3N6O4S2/c1-48(44,45)41-16-9-29-27(24-41)31(26-5-6-28(33(34,35)36)30(23-26)47-22-19-38-10-2-3-11-38)37-42(29)13-4-12-39-14-7-25(8-15-39)32(43)40-17-20-46-21-18-40/h5-6,23,25H,2-4,7-22,24H2,1H3. The highest BCUT2D eigenvalue weighted by atomic mass is 32.2. The number of hydrogen-bond donors (Lipinski definition) is 0. The monoisotopic (exact) mass is 712 g/mol. The Balaban J connectivity index is 1.16. The van der Waals surface area contributed by atoms with Crippen LogP contribution in [-0.4, -0.2) is 127 Å². The molecule has 266 valence electrons. The van der Waals surface area contributed by atoms with Crippen molar-refractivity contribution in [1.82, 2.24) is 28.8 Å². The molecule has 2 aromatic rings. The third-order valence-corrected chi connectivity index (χ3v) is 12.4. The number of ether oxygens (including phenoxy) is 1. The average molecular weight is 713 g/mol. The van der Waals surface area contributed by atoms with Crippen LogP contribution in [0.3, 0.4) is 0 Å². The van der Waals surface area contributed by atoms with Gasteiger partial charge in [0.05, 0.1) is 30.7 Å². The lowest BCUT2D eigenvalue weighted by Crippen LogP contribution is -2.46. The molecule has 0 atom stereocenters. The van der Waals surface area contributed by atoms with E-state index in [9.17, 15) is 26.4 Å². The molecule has 1 aromatic heterocycles. The van der Waals surface area contributed by atoms with Crippen molar-refractivity contribution < 1.29 is 31.1 Å². The molecule has 0 unspecified atom stereocenters. The van der Waals surface area contributed by atoms with Crippen molar-refractivity contribution in [2.45, 2.75) is 62.7 Å². The topological polar surface area (TPSA) is 91.2 Å². The first-order valence-corrected chi connectivity index (χ1v) is 20.0. The first-order valence-electron chi connectivity index (χ1n) is 17.2. The molecule has 3 saturated heterocycles. The van der Waals surface area contributed by atoms with E-state index in [-0.39, 0.29) is 23.3 Å². The number of carbonyl (C=O) groups is 1. The van der Waals surface area contributed by atoms with E-state index >= 15 is 0 Å². The van der Waals surface area contributed by atoms with Crippen LogP contribution < -0.4 is 0 Å². The van der Waals surface area contributed by atoms with Gasteiger partial charge >= 0.3 is 6.18 Å². The number of rotatable bonds is 11. The molecule has 48 heavy (non-hydrogen) atoms. The van der Waals surface area contributed by atoms with Gasteiger partial charge in [-0.2, -0.15) is 22.6 Å². The fourth-order valence-electron chi connectivity index (χ4n) is 7.37. The summed E-state index contributed by atoms with van der Waals surface area (Å²) < 4.78 is 76.0. The van der Waals surface area contributed by atoms with Gasteiger partial charge in [-0.25, -0.2) is 8.42 Å². The van der Waals surface area contributed by atoms with Crippen LogP contribution in [0.2, 0.25) is 0 Å². The molecule has 5 heterocycles. The molecule has 1 amide bonds. The minimum Gasteiger partial charge on any atom is -0.378 e. The average Bonchev–Trinajstić information content (AvgIpc) is 3.72. The lowest BCUT2D eigenvalue weighted by Gasteiger charge is -2.35.